The van der Waals surface area contributed by atoms with Gasteiger partial charge in [-0.2, -0.15) is 0 Å². The summed E-state index contributed by atoms with van der Waals surface area (Å²) in [7, 11) is 0. The molecule has 1 unspecified atom stereocenters. The molecule has 0 saturated heterocycles. The fourth-order valence-electron chi connectivity index (χ4n) is 2.46. The molecule has 0 amide bonds. The van der Waals surface area contributed by atoms with E-state index in [-0.39, 0.29) is 11.4 Å². The molecule has 1 rings (SSSR count). The lowest BCUT2D eigenvalue weighted by Crippen LogP contribution is -2.33. The summed E-state index contributed by atoms with van der Waals surface area (Å²) in [6, 6.07) is 0. The van der Waals surface area contributed by atoms with Crippen LogP contribution < -0.4 is 0 Å². The van der Waals surface area contributed by atoms with E-state index in [2.05, 4.69) is 13.8 Å². The number of carbonyl (C=O) groups excluding carboxylic acids is 1. The van der Waals surface area contributed by atoms with Gasteiger partial charge in [0.25, 0.3) is 0 Å². The Morgan fingerprint density at radius 3 is 2.77 bits per heavy atom. The predicted molar refractivity (Wildman–Crippen MR) is 52.4 cm³/mol. The maximum atomic E-state index is 11.7. The van der Waals surface area contributed by atoms with E-state index in [1.54, 1.807) is 0 Å². The zero-order valence-corrected chi connectivity index (χ0v) is 8.93. The fraction of sp³-hybridized carbons (Fsp3) is 0.909. The van der Waals surface area contributed by atoms with Crippen molar-refractivity contribution in [2.24, 2.45) is 11.3 Å². The van der Waals surface area contributed by atoms with Crippen molar-refractivity contribution < 1.29 is 9.53 Å². The molecule has 0 aromatic carbocycles. The second-order valence-electron chi connectivity index (χ2n) is 4.14. The van der Waals surface area contributed by atoms with Gasteiger partial charge in [0.15, 0.2) is 0 Å². The summed E-state index contributed by atoms with van der Waals surface area (Å²) in [5, 5.41) is 0. The Labute approximate surface area is 80.7 Å². The molecule has 0 heterocycles. The lowest BCUT2D eigenvalue weighted by molar-refractivity contribution is -0.156. The van der Waals surface area contributed by atoms with Crippen LogP contribution in [0.1, 0.15) is 46.5 Å². The van der Waals surface area contributed by atoms with Crippen LogP contribution in [-0.4, -0.2) is 12.6 Å². The van der Waals surface area contributed by atoms with Crippen molar-refractivity contribution in [3.05, 3.63) is 0 Å². The van der Waals surface area contributed by atoms with Gasteiger partial charge >= 0.3 is 5.97 Å². The molecule has 2 nitrogen and oxygen atoms in total. The molecular formula is C11H20O2. The average Bonchev–Trinajstić information content (AvgIpc) is 2.48. The monoisotopic (exact) mass is 184 g/mol. The maximum absolute atomic E-state index is 11.7. The molecule has 0 spiro atoms. The number of rotatable bonds is 3. The third-order valence-electron chi connectivity index (χ3n) is 3.38. The van der Waals surface area contributed by atoms with Crippen molar-refractivity contribution >= 4 is 5.97 Å². The van der Waals surface area contributed by atoms with Crippen molar-refractivity contribution in [2.75, 3.05) is 6.61 Å². The maximum Gasteiger partial charge on any atom is 0.312 e. The zero-order valence-electron chi connectivity index (χ0n) is 8.93. The topological polar surface area (TPSA) is 26.3 Å². The van der Waals surface area contributed by atoms with Crippen LogP contribution in [0.4, 0.5) is 0 Å². The highest BCUT2D eigenvalue weighted by molar-refractivity contribution is 5.77. The second-order valence-corrected chi connectivity index (χ2v) is 4.14. The molecule has 0 bridgehead atoms. The summed E-state index contributed by atoms with van der Waals surface area (Å²) in [5.74, 6) is 0.547. The van der Waals surface area contributed by atoms with E-state index in [1.807, 2.05) is 6.92 Å². The summed E-state index contributed by atoms with van der Waals surface area (Å²) in [4.78, 5) is 11.7. The SMILES string of the molecule is CCOC(=O)C1(C)CCC[C@H]1CC. The lowest BCUT2D eigenvalue weighted by atomic mass is 9.78. The minimum Gasteiger partial charge on any atom is -0.466 e. The number of esters is 1. The number of carbonyl (C=O) groups is 1. The van der Waals surface area contributed by atoms with Crippen LogP contribution in [0.2, 0.25) is 0 Å². The van der Waals surface area contributed by atoms with Gasteiger partial charge in [0.05, 0.1) is 12.0 Å². The highest BCUT2D eigenvalue weighted by Crippen LogP contribution is 2.45. The number of hydrogen-bond acceptors (Lipinski definition) is 2. The summed E-state index contributed by atoms with van der Waals surface area (Å²) in [6.07, 6.45) is 4.46. The fourth-order valence-corrected chi connectivity index (χ4v) is 2.46. The largest absolute Gasteiger partial charge is 0.466 e. The Morgan fingerprint density at radius 2 is 2.23 bits per heavy atom. The first-order valence-electron chi connectivity index (χ1n) is 5.32. The van der Waals surface area contributed by atoms with Crippen molar-refractivity contribution in [3.8, 4) is 0 Å². The first kappa shape index (κ1) is 10.6. The van der Waals surface area contributed by atoms with Crippen molar-refractivity contribution in [3.63, 3.8) is 0 Å². The van der Waals surface area contributed by atoms with Gasteiger partial charge in [0.2, 0.25) is 0 Å². The van der Waals surface area contributed by atoms with Gasteiger partial charge in [-0.3, -0.25) is 4.79 Å². The second kappa shape index (κ2) is 4.12. The van der Waals surface area contributed by atoms with E-state index in [0.29, 0.717) is 12.5 Å². The van der Waals surface area contributed by atoms with E-state index in [0.717, 1.165) is 12.8 Å². The van der Waals surface area contributed by atoms with Gasteiger partial charge in [-0.1, -0.05) is 19.8 Å². The van der Waals surface area contributed by atoms with Gasteiger partial charge in [-0.05, 0) is 32.6 Å². The Balaban J connectivity index is 2.67. The normalized spacial score (nSPS) is 33.3. The van der Waals surface area contributed by atoms with E-state index >= 15 is 0 Å². The minimum absolute atomic E-state index is 0.0133. The molecule has 0 aromatic heterocycles. The van der Waals surface area contributed by atoms with Crippen molar-refractivity contribution in [2.45, 2.75) is 46.5 Å². The van der Waals surface area contributed by atoms with E-state index in [1.165, 1.54) is 12.8 Å². The standard InChI is InChI=1S/C11H20O2/c1-4-9-7-6-8-11(9,3)10(12)13-5-2/h9H,4-8H2,1-3H3/t9-,11?/m1/s1. The molecule has 76 valence electrons. The number of hydrogen-bond donors (Lipinski definition) is 0. The molecule has 2 heteroatoms. The van der Waals surface area contributed by atoms with Crippen molar-refractivity contribution in [1.82, 2.24) is 0 Å². The first-order chi connectivity index (χ1) is 6.15. The van der Waals surface area contributed by atoms with Gasteiger partial charge < -0.3 is 4.74 Å². The Kier molecular flexibility index (Phi) is 3.34. The molecular weight excluding hydrogens is 164 g/mol. The quantitative estimate of drug-likeness (QED) is 0.630. The molecule has 1 saturated carbocycles. The van der Waals surface area contributed by atoms with Crippen LogP contribution in [0.3, 0.4) is 0 Å². The van der Waals surface area contributed by atoms with Crippen LogP contribution in [0, 0.1) is 11.3 Å². The Morgan fingerprint density at radius 1 is 1.54 bits per heavy atom. The molecule has 0 radical (unpaired) electrons. The summed E-state index contributed by atoms with van der Waals surface area (Å²) in [6.45, 7) is 6.60. The van der Waals surface area contributed by atoms with Gasteiger partial charge in [0, 0.05) is 0 Å². The van der Waals surface area contributed by atoms with E-state index < -0.39 is 0 Å². The number of ether oxygens (including phenoxy) is 1. The van der Waals surface area contributed by atoms with Crippen molar-refractivity contribution in [1.29, 1.82) is 0 Å². The summed E-state index contributed by atoms with van der Waals surface area (Å²) < 4.78 is 5.12. The average molecular weight is 184 g/mol. The van der Waals surface area contributed by atoms with Crippen LogP contribution in [-0.2, 0) is 9.53 Å². The summed E-state index contributed by atoms with van der Waals surface area (Å²) in [5.41, 5.74) is -0.190. The van der Waals surface area contributed by atoms with Gasteiger partial charge in [-0.15, -0.1) is 0 Å². The van der Waals surface area contributed by atoms with Crippen LogP contribution in [0.25, 0.3) is 0 Å². The highest BCUT2D eigenvalue weighted by Gasteiger charge is 2.44. The zero-order chi connectivity index (χ0) is 9.90. The Bertz CT molecular complexity index is 189. The van der Waals surface area contributed by atoms with E-state index in [4.69, 9.17) is 4.74 Å². The summed E-state index contributed by atoms with van der Waals surface area (Å²) >= 11 is 0. The first-order valence-corrected chi connectivity index (χ1v) is 5.32. The van der Waals surface area contributed by atoms with Crippen LogP contribution in [0.15, 0.2) is 0 Å². The molecule has 2 atom stereocenters. The predicted octanol–water partition coefficient (Wildman–Crippen LogP) is 2.77. The molecule has 0 aromatic rings. The Hall–Kier alpha value is -0.530. The minimum atomic E-state index is -0.190. The van der Waals surface area contributed by atoms with Crippen LogP contribution in [0.5, 0.6) is 0 Å². The van der Waals surface area contributed by atoms with Gasteiger partial charge in [-0.25, -0.2) is 0 Å². The molecule has 0 aliphatic heterocycles. The third kappa shape index (κ3) is 1.87. The molecule has 13 heavy (non-hydrogen) atoms. The van der Waals surface area contributed by atoms with E-state index in [9.17, 15) is 4.79 Å². The van der Waals surface area contributed by atoms with Gasteiger partial charge in [0.1, 0.15) is 0 Å². The molecule has 1 aliphatic rings. The third-order valence-corrected chi connectivity index (χ3v) is 3.38. The molecule has 1 fully saturated rings. The smallest absolute Gasteiger partial charge is 0.312 e. The molecule has 0 N–H and O–H groups in total. The highest BCUT2D eigenvalue weighted by atomic mass is 16.5. The van der Waals surface area contributed by atoms with Crippen LogP contribution >= 0.6 is 0 Å². The lowest BCUT2D eigenvalue weighted by Gasteiger charge is -2.28. The molecule has 1 aliphatic carbocycles.